The maximum absolute atomic E-state index is 11.9. The van der Waals surface area contributed by atoms with Gasteiger partial charge in [-0.25, -0.2) is 4.79 Å². The van der Waals surface area contributed by atoms with Crippen LogP contribution >= 0.6 is 0 Å². The number of ether oxygens (including phenoxy) is 2. The number of carbonyl (C=O) groups is 1. The molecule has 100 valence electrons. The summed E-state index contributed by atoms with van der Waals surface area (Å²) in [5, 5.41) is 3.25. The first kappa shape index (κ1) is 14.7. The van der Waals surface area contributed by atoms with Crippen molar-refractivity contribution in [3.63, 3.8) is 0 Å². The summed E-state index contributed by atoms with van der Waals surface area (Å²) in [6, 6.07) is 9.93. The molecule has 0 aliphatic rings. The van der Waals surface area contributed by atoms with Gasteiger partial charge >= 0.3 is 5.97 Å². The molecule has 1 rings (SSSR count). The second-order valence-corrected chi connectivity index (χ2v) is 4.20. The van der Waals surface area contributed by atoms with E-state index in [0.29, 0.717) is 19.6 Å². The highest BCUT2D eigenvalue weighted by Gasteiger charge is 2.37. The molecular weight excluding hydrogens is 230 g/mol. The Morgan fingerprint density at radius 1 is 1.28 bits per heavy atom. The number of nitrogens with one attached hydrogen (secondary N) is 1. The van der Waals surface area contributed by atoms with E-state index in [1.54, 1.807) is 7.11 Å². The number of hydrogen-bond donors (Lipinski definition) is 1. The molecule has 0 saturated carbocycles. The van der Waals surface area contributed by atoms with E-state index in [-0.39, 0.29) is 5.97 Å². The van der Waals surface area contributed by atoms with Gasteiger partial charge in [-0.2, -0.15) is 0 Å². The monoisotopic (exact) mass is 251 g/mol. The Bertz CT molecular complexity index is 367. The fourth-order valence-corrected chi connectivity index (χ4v) is 1.86. The van der Waals surface area contributed by atoms with Crippen LogP contribution in [0.5, 0.6) is 0 Å². The Balaban J connectivity index is 2.75. The Morgan fingerprint density at radius 2 is 1.94 bits per heavy atom. The van der Waals surface area contributed by atoms with Gasteiger partial charge in [-0.15, -0.1) is 0 Å². The van der Waals surface area contributed by atoms with Gasteiger partial charge in [-0.1, -0.05) is 37.3 Å². The molecule has 4 heteroatoms. The Kier molecular flexibility index (Phi) is 5.82. The number of rotatable bonds is 7. The van der Waals surface area contributed by atoms with E-state index in [1.165, 1.54) is 7.11 Å². The van der Waals surface area contributed by atoms with Gasteiger partial charge in [0, 0.05) is 13.7 Å². The molecule has 0 bridgehead atoms. The van der Waals surface area contributed by atoms with Gasteiger partial charge < -0.3 is 9.47 Å². The van der Waals surface area contributed by atoms with E-state index in [1.807, 2.05) is 37.3 Å². The van der Waals surface area contributed by atoms with Crippen LogP contribution in [0.4, 0.5) is 0 Å². The summed E-state index contributed by atoms with van der Waals surface area (Å²) in [6.45, 7) is 2.84. The molecule has 0 aliphatic heterocycles. The first-order chi connectivity index (χ1) is 8.68. The van der Waals surface area contributed by atoms with Crippen LogP contribution in [0.15, 0.2) is 30.3 Å². The van der Waals surface area contributed by atoms with Crippen molar-refractivity contribution in [3.05, 3.63) is 35.9 Å². The molecule has 1 N–H and O–H groups in total. The van der Waals surface area contributed by atoms with Crippen molar-refractivity contribution in [2.45, 2.75) is 25.4 Å². The van der Waals surface area contributed by atoms with Gasteiger partial charge in [0.15, 0.2) is 0 Å². The van der Waals surface area contributed by atoms with Gasteiger partial charge in [-0.05, 0) is 12.0 Å². The smallest absolute Gasteiger partial charge is 0.328 e. The largest absolute Gasteiger partial charge is 0.468 e. The predicted molar refractivity (Wildman–Crippen MR) is 70.2 cm³/mol. The summed E-state index contributed by atoms with van der Waals surface area (Å²) in [6.07, 6.45) is 0.611. The third-order valence-electron chi connectivity index (χ3n) is 3.04. The molecule has 0 heterocycles. The van der Waals surface area contributed by atoms with Crippen LogP contribution < -0.4 is 5.32 Å². The molecular formula is C14H21NO3. The van der Waals surface area contributed by atoms with Crippen molar-refractivity contribution in [1.29, 1.82) is 0 Å². The van der Waals surface area contributed by atoms with Crippen LogP contribution in [-0.4, -0.2) is 32.3 Å². The summed E-state index contributed by atoms with van der Waals surface area (Å²) < 4.78 is 10.0. The van der Waals surface area contributed by atoms with Crippen molar-refractivity contribution in [2.24, 2.45) is 0 Å². The third kappa shape index (κ3) is 3.55. The molecule has 0 spiro atoms. The summed E-state index contributed by atoms with van der Waals surface area (Å²) in [5.41, 5.74) is 0.342. The van der Waals surface area contributed by atoms with Crippen molar-refractivity contribution in [3.8, 4) is 0 Å². The lowest BCUT2D eigenvalue weighted by Crippen LogP contribution is -2.55. The van der Waals surface area contributed by atoms with Crippen LogP contribution in [-0.2, 0) is 20.8 Å². The number of hydrogen-bond acceptors (Lipinski definition) is 4. The van der Waals surface area contributed by atoms with E-state index in [4.69, 9.17) is 9.47 Å². The Morgan fingerprint density at radius 3 is 2.44 bits per heavy atom. The van der Waals surface area contributed by atoms with Crippen LogP contribution in [0.25, 0.3) is 0 Å². The molecule has 1 aromatic carbocycles. The average Bonchev–Trinajstić information content (AvgIpc) is 2.44. The maximum Gasteiger partial charge on any atom is 0.328 e. The summed E-state index contributed by atoms with van der Waals surface area (Å²) in [4.78, 5) is 11.9. The minimum atomic E-state index is -0.778. The normalized spacial score (nSPS) is 13.9. The van der Waals surface area contributed by atoms with Gasteiger partial charge in [0.05, 0.1) is 13.7 Å². The van der Waals surface area contributed by atoms with Gasteiger partial charge in [0.2, 0.25) is 0 Å². The first-order valence-electron chi connectivity index (χ1n) is 6.05. The lowest BCUT2D eigenvalue weighted by Gasteiger charge is -2.30. The predicted octanol–water partition coefficient (Wildman–Crippen LogP) is 1.74. The average molecular weight is 251 g/mol. The molecule has 0 fully saturated rings. The van der Waals surface area contributed by atoms with Crippen LogP contribution in [0, 0.1) is 0 Å². The molecule has 0 radical (unpaired) electrons. The summed E-state index contributed by atoms with van der Waals surface area (Å²) in [7, 11) is 2.98. The SMILES string of the molecule is CCC(COC)(NCc1ccccc1)C(=O)OC. The fraction of sp³-hybridized carbons (Fsp3) is 0.500. The minimum absolute atomic E-state index is 0.289. The Labute approximate surface area is 108 Å². The zero-order chi connectivity index (χ0) is 13.4. The fourth-order valence-electron chi connectivity index (χ4n) is 1.86. The lowest BCUT2D eigenvalue weighted by molar-refractivity contribution is -0.151. The molecule has 1 atom stereocenters. The molecule has 18 heavy (non-hydrogen) atoms. The molecule has 0 aromatic heterocycles. The van der Waals surface area contributed by atoms with E-state index < -0.39 is 5.54 Å². The van der Waals surface area contributed by atoms with Crippen LogP contribution in [0.2, 0.25) is 0 Å². The Hall–Kier alpha value is -1.39. The van der Waals surface area contributed by atoms with Crippen molar-refractivity contribution in [1.82, 2.24) is 5.32 Å². The van der Waals surface area contributed by atoms with Crippen molar-refractivity contribution in [2.75, 3.05) is 20.8 Å². The van der Waals surface area contributed by atoms with Crippen LogP contribution in [0.1, 0.15) is 18.9 Å². The number of esters is 1. The molecule has 0 aliphatic carbocycles. The van der Waals surface area contributed by atoms with E-state index in [9.17, 15) is 4.79 Å². The van der Waals surface area contributed by atoms with Gasteiger partial charge in [-0.3, -0.25) is 5.32 Å². The molecule has 0 saturated heterocycles. The molecule has 0 amide bonds. The lowest BCUT2D eigenvalue weighted by atomic mass is 9.96. The first-order valence-corrected chi connectivity index (χ1v) is 6.05. The molecule has 1 aromatic rings. The quantitative estimate of drug-likeness (QED) is 0.750. The zero-order valence-electron chi connectivity index (χ0n) is 11.2. The minimum Gasteiger partial charge on any atom is -0.468 e. The maximum atomic E-state index is 11.9. The van der Waals surface area contributed by atoms with Gasteiger partial charge in [0.1, 0.15) is 5.54 Å². The van der Waals surface area contributed by atoms with Crippen molar-refractivity contribution >= 4 is 5.97 Å². The molecule has 4 nitrogen and oxygen atoms in total. The second-order valence-electron chi connectivity index (χ2n) is 4.20. The highest BCUT2D eigenvalue weighted by molar-refractivity contribution is 5.80. The zero-order valence-corrected chi connectivity index (χ0v) is 11.2. The van der Waals surface area contributed by atoms with E-state index in [2.05, 4.69) is 5.32 Å². The number of benzene rings is 1. The number of carbonyl (C=O) groups excluding carboxylic acids is 1. The van der Waals surface area contributed by atoms with Crippen molar-refractivity contribution < 1.29 is 14.3 Å². The van der Waals surface area contributed by atoms with Gasteiger partial charge in [0.25, 0.3) is 0 Å². The third-order valence-corrected chi connectivity index (χ3v) is 3.04. The molecule has 1 unspecified atom stereocenters. The highest BCUT2D eigenvalue weighted by atomic mass is 16.5. The van der Waals surface area contributed by atoms with Crippen LogP contribution in [0.3, 0.4) is 0 Å². The summed E-state index contributed by atoms with van der Waals surface area (Å²) >= 11 is 0. The van der Waals surface area contributed by atoms with E-state index in [0.717, 1.165) is 5.56 Å². The highest BCUT2D eigenvalue weighted by Crippen LogP contribution is 2.14. The topological polar surface area (TPSA) is 47.6 Å². The summed E-state index contributed by atoms with van der Waals surface area (Å²) in [5.74, 6) is -0.289. The van der Waals surface area contributed by atoms with E-state index >= 15 is 0 Å². The number of methoxy groups -OCH3 is 2. The second kappa shape index (κ2) is 7.13. The standard InChI is InChI=1S/C14H21NO3/c1-4-14(11-17-2,13(16)18-3)15-10-12-8-6-5-7-9-12/h5-9,15H,4,10-11H2,1-3H3.